The van der Waals surface area contributed by atoms with Crippen LogP contribution in [0.5, 0.6) is 0 Å². The van der Waals surface area contributed by atoms with Gasteiger partial charge in [-0.3, -0.25) is 9.59 Å². The maximum absolute atomic E-state index is 12.7. The van der Waals surface area contributed by atoms with Crippen LogP contribution in [0.25, 0.3) is 0 Å². The number of carbonyl (C=O) groups excluding carboxylic acids is 2. The molecule has 0 spiro atoms. The molecular formula is C14H21NO3. The third-order valence-electron chi connectivity index (χ3n) is 4.27. The van der Waals surface area contributed by atoms with Crippen LogP contribution in [-0.2, 0) is 14.3 Å². The fourth-order valence-electron chi connectivity index (χ4n) is 3.26. The summed E-state index contributed by atoms with van der Waals surface area (Å²) in [6, 6.07) is 0. The van der Waals surface area contributed by atoms with Gasteiger partial charge in [0.15, 0.2) is 5.41 Å². The molecule has 4 heteroatoms. The lowest BCUT2D eigenvalue weighted by Crippen LogP contribution is -2.48. The second-order valence-electron chi connectivity index (χ2n) is 6.23. The molecule has 0 aromatic rings. The van der Waals surface area contributed by atoms with Crippen molar-refractivity contribution < 1.29 is 14.3 Å². The Morgan fingerprint density at radius 1 is 1.50 bits per heavy atom. The van der Waals surface area contributed by atoms with Gasteiger partial charge >= 0.3 is 5.97 Å². The lowest BCUT2D eigenvalue weighted by molar-refractivity contribution is -0.158. The molecule has 1 heterocycles. The van der Waals surface area contributed by atoms with Crippen LogP contribution < -0.4 is 0 Å². The zero-order chi connectivity index (χ0) is 13.7. The number of nitrogens with zero attached hydrogens (tertiary/aromatic N) is 1. The van der Waals surface area contributed by atoms with Gasteiger partial charge in [-0.25, -0.2) is 0 Å². The van der Waals surface area contributed by atoms with Crippen LogP contribution in [0.3, 0.4) is 0 Å². The lowest BCUT2D eigenvalue weighted by Gasteiger charge is -2.34. The standard InChI is InChI=1S/C14H21NO3/c1-9-6-7-10-8-15(13(2,3)4)11(16)14(9,10)12(17)18-5/h10H,1,6-8H2,2-5H3/t10-,14+/m1/s1. The highest BCUT2D eigenvalue weighted by molar-refractivity contribution is 6.08. The summed E-state index contributed by atoms with van der Waals surface area (Å²) in [6.45, 7) is 10.5. The molecule has 18 heavy (non-hydrogen) atoms. The van der Waals surface area contributed by atoms with Crippen molar-refractivity contribution in [2.45, 2.75) is 39.2 Å². The van der Waals surface area contributed by atoms with Crippen molar-refractivity contribution in [2.24, 2.45) is 11.3 Å². The second kappa shape index (κ2) is 3.84. The molecule has 100 valence electrons. The van der Waals surface area contributed by atoms with E-state index in [1.54, 1.807) is 4.90 Å². The van der Waals surface area contributed by atoms with Crippen molar-refractivity contribution in [1.82, 2.24) is 4.90 Å². The molecule has 0 N–H and O–H groups in total. The minimum Gasteiger partial charge on any atom is -0.468 e. The average molecular weight is 251 g/mol. The third kappa shape index (κ3) is 1.44. The predicted molar refractivity (Wildman–Crippen MR) is 67.8 cm³/mol. The zero-order valence-electron chi connectivity index (χ0n) is 11.6. The molecule has 1 saturated carbocycles. The molecular weight excluding hydrogens is 230 g/mol. The number of fused-ring (bicyclic) bond motifs is 1. The van der Waals surface area contributed by atoms with Gasteiger partial charge in [0, 0.05) is 18.0 Å². The first kappa shape index (κ1) is 13.1. The zero-order valence-corrected chi connectivity index (χ0v) is 11.6. The van der Waals surface area contributed by atoms with Crippen LogP contribution in [0, 0.1) is 11.3 Å². The lowest BCUT2D eigenvalue weighted by atomic mass is 9.77. The number of carbonyl (C=O) groups is 2. The van der Waals surface area contributed by atoms with Gasteiger partial charge in [0.25, 0.3) is 0 Å². The Balaban J connectivity index is 2.48. The molecule has 2 fully saturated rings. The Labute approximate surface area is 108 Å². The van der Waals surface area contributed by atoms with E-state index in [-0.39, 0.29) is 17.4 Å². The topological polar surface area (TPSA) is 46.6 Å². The molecule has 1 aliphatic carbocycles. The van der Waals surface area contributed by atoms with Gasteiger partial charge in [0.1, 0.15) is 0 Å². The molecule has 0 unspecified atom stereocenters. The molecule has 4 nitrogen and oxygen atoms in total. The van der Waals surface area contributed by atoms with Crippen molar-refractivity contribution in [3.05, 3.63) is 12.2 Å². The number of esters is 1. The maximum Gasteiger partial charge on any atom is 0.325 e. The SMILES string of the molecule is C=C1CC[C@@H]2CN(C(C)(C)C)C(=O)[C@]12C(=O)OC. The average Bonchev–Trinajstić information content (AvgIpc) is 2.75. The first-order valence-corrected chi connectivity index (χ1v) is 6.35. The van der Waals surface area contributed by atoms with Gasteiger partial charge in [-0.2, -0.15) is 0 Å². The van der Waals surface area contributed by atoms with Gasteiger partial charge in [0.05, 0.1) is 7.11 Å². The first-order chi connectivity index (χ1) is 8.26. The van der Waals surface area contributed by atoms with Crippen molar-refractivity contribution in [3.63, 3.8) is 0 Å². The molecule has 0 radical (unpaired) electrons. The molecule has 1 amide bonds. The van der Waals surface area contributed by atoms with Crippen LogP contribution in [0.2, 0.25) is 0 Å². The van der Waals surface area contributed by atoms with E-state index in [9.17, 15) is 9.59 Å². The van der Waals surface area contributed by atoms with Crippen LogP contribution >= 0.6 is 0 Å². The van der Waals surface area contributed by atoms with Crippen LogP contribution in [0.4, 0.5) is 0 Å². The van der Waals surface area contributed by atoms with E-state index in [1.165, 1.54) is 7.11 Å². The summed E-state index contributed by atoms with van der Waals surface area (Å²) in [7, 11) is 1.34. The summed E-state index contributed by atoms with van der Waals surface area (Å²) in [5.41, 5.74) is -0.666. The van der Waals surface area contributed by atoms with E-state index in [0.717, 1.165) is 18.4 Å². The third-order valence-corrected chi connectivity index (χ3v) is 4.27. The number of methoxy groups -OCH3 is 1. The van der Waals surface area contributed by atoms with Crippen molar-refractivity contribution in [1.29, 1.82) is 0 Å². The summed E-state index contributed by atoms with van der Waals surface area (Å²) >= 11 is 0. The van der Waals surface area contributed by atoms with Crippen LogP contribution in [-0.4, -0.2) is 36.0 Å². The number of hydrogen-bond donors (Lipinski definition) is 0. The highest BCUT2D eigenvalue weighted by Gasteiger charge is 2.65. The van der Waals surface area contributed by atoms with E-state index in [2.05, 4.69) is 6.58 Å². The molecule has 0 aromatic carbocycles. The van der Waals surface area contributed by atoms with Crippen LogP contribution in [0.1, 0.15) is 33.6 Å². The number of ether oxygens (including phenoxy) is 1. The van der Waals surface area contributed by atoms with Crippen molar-refractivity contribution in [2.75, 3.05) is 13.7 Å². The van der Waals surface area contributed by atoms with Gasteiger partial charge in [-0.05, 0) is 33.6 Å². The normalized spacial score (nSPS) is 31.8. The molecule has 1 saturated heterocycles. The van der Waals surface area contributed by atoms with E-state index in [0.29, 0.717) is 6.54 Å². The summed E-state index contributed by atoms with van der Waals surface area (Å²) in [6.07, 6.45) is 1.58. The molecule has 0 bridgehead atoms. The number of amides is 1. The maximum atomic E-state index is 12.7. The van der Waals surface area contributed by atoms with Crippen molar-refractivity contribution in [3.8, 4) is 0 Å². The van der Waals surface area contributed by atoms with Gasteiger partial charge in [0.2, 0.25) is 5.91 Å². The summed E-state index contributed by atoms with van der Waals surface area (Å²) in [5, 5.41) is 0. The summed E-state index contributed by atoms with van der Waals surface area (Å²) in [5.74, 6) is -0.551. The van der Waals surface area contributed by atoms with E-state index < -0.39 is 11.4 Å². The van der Waals surface area contributed by atoms with Gasteiger partial charge in [-0.1, -0.05) is 12.2 Å². The molecule has 2 rings (SSSR count). The Bertz CT molecular complexity index is 421. The van der Waals surface area contributed by atoms with Gasteiger partial charge < -0.3 is 9.64 Å². The number of likely N-dealkylation sites (tertiary alicyclic amines) is 1. The smallest absolute Gasteiger partial charge is 0.325 e. The minimum atomic E-state index is -1.11. The van der Waals surface area contributed by atoms with E-state index in [4.69, 9.17) is 4.74 Å². The monoisotopic (exact) mass is 251 g/mol. The Morgan fingerprint density at radius 2 is 2.11 bits per heavy atom. The van der Waals surface area contributed by atoms with E-state index in [1.807, 2.05) is 20.8 Å². The summed E-state index contributed by atoms with van der Waals surface area (Å²) < 4.78 is 4.89. The predicted octanol–water partition coefficient (Wildman–Crippen LogP) is 1.75. The molecule has 0 aromatic heterocycles. The van der Waals surface area contributed by atoms with E-state index >= 15 is 0 Å². The van der Waals surface area contributed by atoms with Gasteiger partial charge in [-0.15, -0.1) is 0 Å². The number of hydrogen-bond acceptors (Lipinski definition) is 3. The highest BCUT2D eigenvalue weighted by Crippen LogP contribution is 2.54. The fourth-order valence-corrected chi connectivity index (χ4v) is 3.26. The first-order valence-electron chi connectivity index (χ1n) is 6.35. The number of rotatable bonds is 1. The highest BCUT2D eigenvalue weighted by atomic mass is 16.5. The Hall–Kier alpha value is -1.32. The molecule has 2 aliphatic rings. The molecule has 2 atom stereocenters. The Morgan fingerprint density at radius 3 is 2.61 bits per heavy atom. The molecule has 1 aliphatic heterocycles. The quantitative estimate of drug-likeness (QED) is 0.405. The fraction of sp³-hybridized carbons (Fsp3) is 0.714. The minimum absolute atomic E-state index is 0.0178. The summed E-state index contributed by atoms with van der Waals surface area (Å²) in [4.78, 5) is 26.7. The van der Waals surface area contributed by atoms with Crippen LogP contribution in [0.15, 0.2) is 12.2 Å². The second-order valence-corrected chi connectivity index (χ2v) is 6.23. The Kier molecular flexibility index (Phi) is 2.80. The largest absolute Gasteiger partial charge is 0.468 e. The van der Waals surface area contributed by atoms with Crippen molar-refractivity contribution >= 4 is 11.9 Å².